The van der Waals surface area contributed by atoms with Crippen LogP contribution in [0.4, 0.5) is 0 Å². The minimum atomic E-state index is 0.736. The number of nitrogens with one attached hydrogen (secondary N) is 1. The molecule has 0 aliphatic rings. The quantitative estimate of drug-likeness (QED) is 0.785. The summed E-state index contributed by atoms with van der Waals surface area (Å²) < 4.78 is 11.7. The van der Waals surface area contributed by atoms with Crippen LogP contribution < -0.4 is 14.8 Å². The maximum atomic E-state index is 5.35. The van der Waals surface area contributed by atoms with Gasteiger partial charge in [0, 0.05) is 22.4 Å². The summed E-state index contributed by atoms with van der Waals surface area (Å²) in [5.74, 6) is 1.49. The highest BCUT2D eigenvalue weighted by molar-refractivity contribution is 9.10. The molecule has 1 heterocycles. The molecule has 0 spiro atoms. The second-order valence-electron chi connectivity index (χ2n) is 4.62. The summed E-state index contributed by atoms with van der Waals surface area (Å²) in [6.07, 6.45) is 1.08. The number of thiophene rings is 1. The molecule has 0 fully saturated rings. The summed E-state index contributed by atoms with van der Waals surface area (Å²) in [5.41, 5.74) is 2.58. The number of benzene rings is 1. The fourth-order valence-corrected chi connectivity index (χ4v) is 3.59. The molecule has 0 amide bonds. The third kappa shape index (κ3) is 3.99. The zero-order valence-electron chi connectivity index (χ0n) is 12.5. The van der Waals surface area contributed by atoms with Crippen molar-refractivity contribution in [2.75, 3.05) is 14.2 Å². The van der Waals surface area contributed by atoms with Crippen LogP contribution in [0, 0.1) is 0 Å². The van der Waals surface area contributed by atoms with Gasteiger partial charge >= 0.3 is 0 Å². The number of hydrogen-bond donors (Lipinski definition) is 1. The highest BCUT2D eigenvalue weighted by Crippen LogP contribution is 2.33. The van der Waals surface area contributed by atoms with Crippen molar-refractivity contribution in [2.24, 2.45) is 0 Å². The topological polar surface area (TPSA) is 30.5 Å². The Morgan fingerprint density at radius 3 is 2.48 bits per heavy atom. The van der Waals surface area contributed by atoms with Crippen molar-refractivity contribution in [3.8, 4) is 11.5 Å². The van der Waals surface area contributed by atoms with E-state index < -0.39 is 0 Å². The van der Waals surface area contributed by atoms with E-state index in [9.17, 15) is 0 Å². The molecule has 1 N–H and O–H groups in total. The first-order valence-corrected chi connectivity index (χ1v) is 8.53. The van der Waals surface area contributed by atoms with Crippen molar-refractivity contribution in [3.63, 3.8) is 0 Å². The van der Waals surface area contributed by atoms with Gasteiger partial charge in [-0.05, 0) is 41.1 Å². The molecule has 0 atom stereocenters. The van der Waals surface area contributed by atoms with E-state index >= 15 is 0 Å². The number of rotatable bonds is 7. The third-order valence-electron chi connectivity index (χ3n) is 3.37. The van der Waals surface area contributed by atoms with Crippen LogP contribution in [0.25, 0.3) is 0 Å². The van der Waals surface area contributed by atoms with Crippen LogP contribution in [-0.4, -0.2) is 14.2 Å². The fraction of sp³-hybridized carbons (Fsp3) is 0.375. The number of methoxy groups -OCH3 is 2. The third-order valence-corrected chi connectivity index (χ3v) is 5.07. The molecule has 2 rings (SSSR count). The first-order valence-electron chi connectivity index (χ1n) is 6.86. The highest BCUT2D eigenvalue weighted by Gasteiger charge is 2.09. The Morgan fingerprint density at radius 2 is 1.81 bits per heavy atom. The summed E-state index contributed by atoms with van der Waals surface area (Å²) in [7, 11) is 3.30. The number of halogens is 1. The van der Waals surface area contributed by atoms with Gasteiger partial charge in [-0.25, -0.2) is 0 Å². The van der Waals surface area contributed by atoms with Crippen molar-refractivity contribution < 1.29 is 9.47 Å². The Kier molecular flexibility index (Phi) is 6.08. The molecule has 0 aliphatic heterocycles. The number of hydrogen-bond acceptors (Lipinski definition) is 4. The van der Waals surface area contributed by atoms with Crippen molar-refractivity contribution >= 4 is 27.3 Å². The molecular weight excluding hydrogens is 350 g/mol. The maximum absolute atomic E-state index is 5.35. The molecule has 1 aromatic heterocycles. The van der Waals surface area contributed by atoms with Gasteiger partial charge in [0.15, 0.2) is 11.5 Å². The summed E-state index contributed by atoms with van der Waals surface area (Å²) in [5, 5.41) is 5.65. The average molecular weight is 370 g/mol. The standard InChI is InChI=1S/C16H20BrNO2S/c1-4-11-5-6-21-16(11)10-18-9-12-7-14(19-2)15(20-3)8-13(12)17/h5-8,18H,4,9-10H2,1-3H3. The van der Waals surface area contributed by atoms with Gasteiger partial charge in [-0.1, -0.05) is 22.9 Å². The Balaban J connectivity index is 2.03. The molecule has 114 valence electrons. The molecule has 0 saturated heterocycles. The summed E-state index contributed by atoms with van der Waals surface area (Å²) in [4.78, 5) is 1.41. The zero-order chi connectivity index (χ0) is 15.2. The van der Waals surface area contributed by atoms with Crippen LogP contribution in [0.2, 0.25) is 0 Å². The first-order chi connectivity index (χ1) is 10.2. The van der Waals surface area contributed by atoms with Crippen molar-refractivity contribution in [1.82, 2.24) is 5.32 Å². The lowest BCUT2D eigenvalue weighted by Gasteiger charge is -2.12. The van der Waals surface area contributed by atoms with Gasteiger partial charge in [0.2, 0.25) is 0 Å². The minimum Gasteiger partial charge on any atom is -0.493 e. The van der Waals surface area contributed by atoms with E-state index in [-0.39, 0.29) is 0 Å². The van der Waals surface area contributed by atoms with Crippen molar-refractivity contribution in [2.45, 2.75) is 26.4 Å². The van der Waals surface area contributed by atoms with Gasteiger partial charge in [0.25, 0.3) is 0 Å². The molecule has 0 aliphatic carbocycles. The van der Waals surface area contributed by atoms with Crippen LogP contribution in [0.15, 0.2) is 28.1 Å². The minimum absolute atomic E-state index is 0.736. The molecule has 5 heteroatoms. The molecule has 1 aromatic carbocycles. The number of ether oxygens (including phenoxy) is 2. The van der Waals surface area contributed by atoms with E-state index in [4.69, 9.17) is 9.47 Å². The second-order valence-corrected chi connectivity index (χ2v) is 6.48. The maximum Gasteiger partial charge on any atom is 0.161 e. The second kappa shape index (κ2) is 7.82. The first kappa shape index (κ1) is 16.3. The van der Waals surface area contributed by atoms with E-state index in [1.54, 1.807) is 14.2 Å². The highest BCUT2D eigenvalue weighted by atomic mass is 79.9. The summed E-state index contributed by atoms with van der Waals surface area (Å²) >= 11 is 5.39. The van der Waals surface area contributed by atoms with Gasteiger partial charge in [0.1, 0.15) is 0 Å². The Morgan fingerprint density at radius 1 is 1.10 bits per heavy atom. The largest absolute Gasteiger partial charge is 0.493 e. The van der Waals surface area contributed by atoms with E-state index in [0.717, 1.165) is 41.0 Å². The normalized spacial score (nSPS) is 10.7. The van der Waals surface area contributed by atoms with Gasteiger partial charge < -0.3 is 14.8 Å². The lowest BCUT2D eigenvalue weighted by Crippen LogP contribution is -2.13. The van der Waals surface area contributed by atoms with Gasteiger partial charge in [0.05, 0.1) is 14.2 Å². The van der Waals surface area contributed by atoms with Crippen LogP contribution in [0.1, 0.15) is 22.9 Å². The Labute approximate surface area is 138 Å². The fourth-order valence-electron chi connectivity index (χ4n) is 2.18. The van der Waals surface area contributed by atoms with Crippen LogP contribution in [-0.2, 0) is 19.5 Å². The molecule has 0 radical (unpaired) electrons. The van der Waals surface area contributed by atoms with Crippen LogP contribution in [0.5, 0.6) is 11.5 Å². The van der Waals surface area contributed by atoms with Crippen molar-refractivity contribution in [1.29, 1.82) is 0 Å². The molecule has 0 unspecified atom stereocenters. The molecule has 0 bridgehead atoms. The number of aryl methyl sites for hydroxylation is 1. The molecule has 2 aromatic rings. The predicted molar refractivity (Wildman–Crippen MR) is 91.5 cm³/mol. The molecular formula is C16H20BrNO2S. The summed E-state index contributed by atoms with van der Waals surface area (Å²) in [6.45, 7) is 3.86. The SMILES string of the molecule is CCc1ccsc1CNCc1cc(OC)c(OC)cc1Br. The smallest absolute Gasteiger partial charge is 0.161 e. The molecule has 0 saturated carbocycles. The monoisotopic (exact) mass is 369 g/mol. The van der Waals surface area contributed by atoms with Crippen LogP contribution in [0.3, 0.4) is 0 Å². The molecule has 3 nitrogen and oxygen atoms in total. The van der Waals surface area contributed by atoms with E-state index in [2.05, 4.69) is 39.6 Å². The van der Waals surface area contributed by atoms with Crippen LogP contribution >= 0.6 is 27.3 Å². The Hall–Kier alpha value is -1.04. The van der Waals surface area contributed by atoms with E-state index in [0.29, 0.717) is 0 Å². The molecule has 21 heavy (non-hydrogen) atoms. The zero-order valence-corrected chi connectivity index (χ0v) is 14.9. The van der Waals surface area contributed by atoms with E-state index in [1.807, 2.05) is 23.5 Å². The van der Waals surface area contributed by atoms with Gasteiger partial charge in [-0.2, -0.15) is 0 Å². The Bertz CT molecular complexity index is 598. The predicted octanol–water partition coefficient (Wildman–Crippen LogP) is 4.38. The lowest BCUT2D eigenvalue weighted by atomic mass is 10.2. The van der Waals surface area contributed by atoms with E-state index in [1.165, 1.54) is 10.4 Å². The average Bonchev–Trinajstić information content (AvgIpc) is 2.95. The van der Waals surface area contributed by atoms with Crippen molar-refractivity contribution in [3.05, 3.63) is 44.1 Å². The summed E-state index contributed by atoms with van der Waals surface area (Å²) in [6, 6.07) is 6.15. The lowest BCUT2D eigenvalue weighted by molar-refractivity contribution is 0.354. The van der Waals surface area contributed by atoms with Gasteiger partial charge in [-0.15, -0.1) is 11.3 Å². The van der Waals surface area contributed by atoms with Gasteiger partial charge in [-0.3, -0.25) is 0 Å².